The van der Waals surface area contributed by atoms with Crippen molar-refractivity contribution in [2.45, 2.75) is 6.54 Å². The van der Waals surface area contributed by atoms with Crippen molar-refractivity contribution < 1.29 is 14.7 Å². The number of thiocarbonyl (C=S) groups is 1. The number of carbonyl (C=O) groups excluding carboxylic acids is 1. The van der Waals surface area contributed by atoms with E-state index in [1.165, 1.54) is 28.8 Å². The maximum atomic E-state index is 13.3. The number of amides is 1. The first-order valence-corrected chi connectivity index (χ1v) is 12.4. The molecule has 0 bridgehead atoms. The quantitative estimate of drug-likeness (QED) is 0.217. The van der Waals surface area contributed by atoms with Crippen LogP contribution < -0.4 is 4.90 Å². The van der Waals surface area contributed by atoms with Gasteiger partial charge in [-0.25, -0.2) is 4.79 Å². The lowest BCUT2D eigenvalue weighted by Crippen LogP contribution is -2.27. The summed E-state index contributed by atoms with van der Waals surface area (Å²) >= 11 is 19.1. The summed E-state index contributed by atoms with van der Waals surface area (Å²) < 4.78 is 2.42. The van der Waals surface area contributed by atoms with Crippen LogP contribution in [0.1, 0.15) is 21.5 Å². The van der Waals surface area contributed by atoms with E-state index in [4.69, 9.17) is 35.4 Å². The summed E-state index contributed by atoms with van der Waals surface area (Å²) in [7, 11) is 0. The zero-order chi connectivity index (χ0) is 24.7. The summed E-state index contributed by atoms with van der Waals surface area (Å²) in [5.74, 6) is -1.36. The van der Waals surface area contributed by atoms with Gasteiger partial charge in [0.1, 0.15) is 0 Å². The SMILES string of the molecule is O=C(O)c1cccc(N2C(=O)C(=Cc3cn(Cc4ccc(Cl)cc4Cl)c4ccccc34)SC2=S)c1. The molecule has 1 aliphatic rings. The Morgan fingerprint density at radius 1 is 1.06 bits per heavy atom. The van der Waals surface area contributed by atoms with Crippen LogP contribution in [0.2, 0.25) is 10.0 Å². The molecule has 0 radical (unpaired) electrons. The van der Waals surface area contributed by atoms with Gasteiger partial charge in [0.05, 0.1) is 16.2 Å². The number of anilines is 1. The largest absolute Gasteiger partial charge is 0.478 e. The highest BCUT2D eigenvalue weighted by molar-refractivity contribution is 8.27. The summed E-state index contributed by atoms with van der Waals surface area (Å²) in [6.45, 7) is 0.535. The Morgan fingerprint density at radius 2 is 1.86 bits per heavy atom. The van der Waals surface area contributed by atoms with E-state index < -0.39 is 5.97 Å². The zero-order valence-electron chi connectivity index (χ0n) is 17.9. The summed E-state index contributed by atoms with van der Waals surface area (Å²) in [5.41, 5.74) is 3.30. The van der Waals surface area contributed by atoms with Gasteiger partial charge in [-0.3, -0.25) is 9.69 Å². The fourth-order valence-corrected chi connectivity index (χ4v) is 5.72. The molecule has 5 nitrogen and oxygen atoms in total. The topological polar surface area (TPSA) is 62.5 Å². The molecule has 9 heteroatoms. The number of carboxylic acid groups (broad SMARTS) is 1. The second kappa shape index (κ2) is 9.51. The van der Waals surface area contributed by atoms with Crippen molar-refractivity contribution >= 4 is 86.0 Å². The molecule has 0 spiro atoms. The monoisotopic (exact) mass is 538 g/mol. The summed E-state index contributed by atoms with van der Waals surface area (Å²) in [6.07, 6.45) is 3.80. The minimum atomic E-state index is -1.07. The minimum Gasteiger partial charge on any atom is -0.478 e. The molecule has 3 aromatic carbocycles. The van der Waals surface area contributed by atoms with Gasteiger partial charge in [0.2, 0.25) is 0 Å². The van der Waals surface area contributed by atoms with Crippen LogP contribution in [0.25, 0.3) is 17.0 Å². The van der Waals surface area contributed by atoms with Crippen molar-refractivity contribution in [1.29, 1.82) is 0 Å². The number of nitrogens with zero attached hydrogens (tertiary/aromatic N) is 2. The number of halogens is 2. The van der Waals surface area contributed by atoms with Gasteiger partial charge < -0.3 is 9.67 Å². The van der Waals surface area contributed by atoms with Crippen molar-refractivity contribution in [2.24, 2.45) is 0 Å². The first kappa shape index (κ1) is 23.6. The Labute approximate surface area is 220 Å². The van der Waals surface area contributed by atoms with Crippen LogP contribution in [0.5, 0.6) is 0 Å². The van der Waals surface area contributed by atoms with E-state index in [2.05, 4.69) is 4.57 Å². The second-order valence-electron chi connectivity index (χ2n) is 7.84. The van der Waals surface area contributed by atoms with Crippen molar-refractivity contribution in [3.63, 3.8) is 0 Å². The van der Waals surface area contributed by atoms with Crippen LogP contribution in [0.3, 0.4) is 0 Å². The Morgan fingerprint density at radius 3 is 2.63 bits per heavy atom. The number of benzene rings is 3. The Hall–Kier alpha value is -3.10. The van der Waals surface area contributed by atoms with E-state index in [0.717, 1.165) is 22.0 Å². The van der Waals surface area contributed by atoms with Gasteiger partial charge in [0, 0.05) is 39.3 Å². The van der Waals surface area contributed by atoms with Crippen molar-refractivity contribution in [2.75, 3.05) is 4.90 Å². The highest BCUT2D eigenvalue weighted by Gasteiger charge is 2.33. The fraction of sp³-hybridized carbons (Fsp3) is 0.0385. The number of hydrogen-bond acceptors (Lipinski definition) is 4. The maximum absolute atomic E-state index is 13.3. The predicted octanol–water partition coefficient (Wildman–Crippen LogP) is 7.10. The molecule has 0 unspecified atom stereocenters. The van der Waals surface area contributed by atoms with Crippen molar-refractivity contribution in [3.05, 3.63) is 105 Å². The van der Waals surface area contributed by atoms with Crippen LogP contribution in [0.15, 0.2) is 77.8 Å². The standard InChI is InChI=1S/C26H16Cl2N2O3S2/c27-18-9-8-16(21(28)12-18)13-29-14-17(20-6-1-2-7-22(20)29)11-23-24(31)30(26(34)35-23)19-5-3-4-15(10-19)25(32)33/h1-12,14H,13H2,(H,32,33). The predicted molar refractivity (Wildman–Crippen MR) is 147 cm³/mol. The van der Waals surface area contributed by atoms with Gasteiger partial charge in [-0.05, 0) is 48.0 Å². The Balaban J connectivity index is 1.52. The minimum absolute atomic E-state index is 0.0875. The van der Waals surface area contributed by atoms with Crippen molar-refractivity contribution in [3.8, 4) is 0 Å². The average molecular weight is 539 g/mol. The normalized spacial score (nSPS) is 14.9. The lowest BCUT2D eigenvalue weighted by molar-refractivity contribution is -0.113. The first-order valence-electron chi connectivity index (χ1n) is 10.4. The van der Waals surface area contributed by atoms with Crippen LogP contribution in [0, 0.1) is 0 Å². The van der Waals surface area contributed by atoms with E-state index >= 15 is 0 Å². The van der Waals surface area contributed by atoms with Gasteiger partial charge in [0.15, 0.2) is 4.32 Å². The average Bonchev–Trinajstić information content (AvgIpc) is 3.32. The van der Waals surface area contributed by atoms with Crippen LogP contribution in [-0.2, 0) is 11.3 Å². The molecule has 2 heterocycles. The summed E-state index contributed by atoms with van der Waals surface area (Å²) in [5, 5.41) is 11.4. The number of para-hydroxylation sites is 1. The fourth-order valence-electron chi connectivity index (χ4n) is 3.96. The zero-order valence-corrected chi connectivity index (χ0v) is 21.1. The molecule has 0 atom stereocenters. The number of aromatic carboxylic acids is 1. The molecule has 0 saturated carbocycles. The number of thioether (sulfide) groups is 1. The third kappa shape index (κ3) is 4.60. The Kier molecular flexibility index (Phi) is 6.42. The molecule has 1 N–H and O–H groups in total. The molecule has 1 aromatic heterocycles. The lowest BCUT2D eigenvalue weighted by atomic mass is 10.1. The molecule has 174 valence electrons. The number of aromatic nitrogens is 1. The smallest absolute Gasteiger partial charge is 0.335 e. The van der Waals surface area contributed by atoms with Crippen LogP contribution in [0.4, 0.5) is 5.69 Å². The van der Waals surface area contributed by atoms with Crippen LogP contribution in [-0.4, -0.2) is 25.9 Å². The molecule has 1 saturated heterocycles. The van der Waals surface area contributed by atoms with E-state index in [1.807, 2.05) is 42.6 Å². The molecule has 0 aliphatic carbocycles. The highest BCUT2D eigenvalue weighted by atomic mass is 35.5. The number of carboxylic acids is 1. The van der Waals surface area contributed by atoms with E-state index in [1.54, 1.807) is 24.3 Å². The number of fused-ring (bicyclic) bond motifs is 1. The third-order valence-corrected chi connectivity index (χ3v) is 7.50. The van der Waals surface area contributed by atoms with Gasteiger partial charge in [-0.2, -0.15) is 0 Å². The highest BCUT2D eigenvalue weighted by Crippen LogP contribution is 2.37. The molecular weight excluding hydrogens is 523 g/mol. The molecule has 1 amide bonds. The number of rotatable bonds is 5. The van der Waals surface area contributed by atoms with Gasteiger partial charge in [0.25, 0.3) is 5.91 Å². The molecule has 5 rings (SSSR count). The molecule has 35 heavy (non-hydrogen) atoms. The first-order chi connectivity index (χ1) is 16.8. The molecule has 1 fully saturated rings. The summed E-state index contributed by atoms with van der Waals surface area (Å²) in [4.78, 5) is 26.5. The van der Waals surface area contributed by atoms with Gasteiger partial charge in [-0.1, -0.05) is 77.5 Å². The van der Waals surface area contributed by atoms with Gasteiger partial charge in [-0.15, -0.1) is 0 Å². The van der Waals surface area contributed by atoms with E-state index in [0.29, 0.717) is 31.5 Å². The maximum Gasteiger partial charge on any atom is 0.335 e. The van der Waals surface area contributed by atoms with Crippen LogP contribution >= 0.6 is 47.2 Å². The van der Waals surface area contributed by atoms with Crippen molar-refractivity contribution in [1.82, 2.24) is 4.57 Å². The molecule has 1 aliphatic heterocycles. The lowest BCUT2D eigenvalue weighted by Gasteiger charge is -2.14. The second-order valence-corrected chi connectivity index (χ2v) is 10.4. The number of carbonyl (C=O) groups is 2. The molecular formula is C26H16Cl2N2O3S2. The van der Waals surface area contributed by atoms with E-state index in [-0.39, 0.29) is 11.5 Å². The van der Waals surface area contributed by atoms with E-state index in [9.17, 15) is 14.7 Å². The third-order valence-electron chi connectivity index (χ3n) is 5.61. The molecule has 4 aromatic rings. The summed E-state index contributed by atoms with van der Waals surface area (Å²) in [6, 6.07) is 19.5. The Bertz CT molecular complexity index is 1560. The van der Waals surface area contributed by atoms with Gasteiger partial charge >= 0.3 is 5.97 Å². The number of hydrogen-bond donors (Lipinski definition) is 1.